The molecule has 0 saturated heterocycles. The van der Waals surface area contributed by atoms with Crippen LogP contribution >= 0.6 is 0 Å². The second-order valence-electron chi connectivity index (χ2n) is 1.52. The number of hydrogen-bond donors (Lipinski definition) is 0. The molecule has 0 amide bonds. The first-order chi connectivity index (χ1) is 3.93. The van der Waals surface area contributed by atoms with E-state index in [1.54, 1.807) is 7.11 Å². The van der Waals surface area contributed by atoms with Gasteiger partial charge in [-0.1, -0.05) is 18.2 Å². The van der Waals surface area contributed by atoms with Crippen LogP contribution in [0.15, 0.2) is 30.3 Å². The predicted molar refractivity (Wildman–Crippen MR) is 41.0 cm³/mol. The van der Waals surface area contributed by atoms with Gasteiger partial charge >= 0.3 is 37.7 Å². The fraction of sp³-hybridized carbons (Fsp3) is 0.143. The first kappa shape index (κ1) is 9.28. The molecular weight excluding hydrogens is 140 g/mol. The van der Waals surface area contributed by atoms with Gasteiger partial charge in [-0.05, 0) is 12.1 Å². The molecule has 0 aliphatic heterocycles. The Morgan fingerprint density at radius 2 is 1.78 bits per heavy atom. The second-order valence-corrected chi connectivity index (χ2v) is 1.52. The van der Waals surface area contributed by atoms with E-state index in [9.17, 15) is 0 Å². The standard InChI is InChI=1S/C7H8O.Ca.2H/c1-8-7-5-3-2-4-6-7;;;/h2-6H,1H3;;;/q;+2;2*-1. The number of para-hydroxylation sites is 1. The normalized spacial score (nSPS) is 7.67. The van der Waals surface area contributed by atoms with Crippen molar-refractivity contribution in [3.63, 3.8) is 0 Å². The number of benzene rings is 1. The Morgan fingerprint density at radius 3 is 2.11 bits per heavy atom. The van der Waals surface area contributed by atoms with Crippen molar-refractivity contribution in [2.24, 2.45) is 0 Å². The second kappa shape index (κ2) is 5.10. The van der Waals surface area contributed by atoms with Crippen LogP contribution in [0.4, 0.5) is 0 Å². The summed E-state index contributed by atoms with van der Waals surface area (Å²) in [7, 11) is 1.66. The summed E-state index contributed by atoms with van der Waals surface area (Å²) in [6.07, 6.45) is 0. The van der Waals surface area contributed by atoms with Crippen molar-refractivity contribution >= 4 is 37.7 Å². The largest absolute Gasteiger partial charge is 2.00 e. The molecule has 0 bridgehead atoms. The summed E-state index contributed by atoms with van der Waals surface area (Å²) < 4.78 is 4.91. The topological polar surface area (TPSA) is 9.23 Å². The van der Waals surface area contributed by atoms with Crippen LogP contribution in [-0.2, 0) is 0 Å². The first-order valence-electron chi connectivity index (χ1n) is 2.52. The van der Waals surface area contributed by atoms with Crippen molar-refractivity contribution in [2.45, 2.75) is 0 Å². The van der Waals surface area contributed by atoms with Crippen molar-refractivity contribution in [3.05, 3.63) is 30.3 Å². The van der Waals surface area contributed by atoms with Gasteiger partial charge in [0.25, 0.3) is 0 Å². The molecule has 46 valence electrons. The molecule has 1 nitrogen and oxygen atoms in total. The zero-order valence-electron chi connectivity index (χ0n) is 7.50. The molecule has 0 aliphatic carbocycles. The van der Waals surface area contributed by atoms with Gasteiger partial charge < -0.3 is 7.59 Å². The smallest absolute Gasteiger partial charge is 1.00 e. The SMILES string of the molecule is COc1ccccc1.[Ca+2].[H-].[H-]. The molecule has 0 radical (unpaired) electrons. The van der Waals surface area contributed by atoms with E-state index in [2.05, 4.69) is 0 Å². The van der Waals surface area contributed by atoms with Gasteiger partial charge in [0.15, 0.2) is 0 Å². The Labute approximate surface area is 88.0 Å². The molecule has 0 atom stereocenters. The molecule has 0 aliphatic rings. The van der Waals surface area contributed by atoms with Gasteiger partial charge in [0.05, 0.1) is 7.11 Å². The molecule has 1 rings (SSSR count). The minimum atomic E-state index is 0. The molecule has 0 unspecified atom stereocenters. The van der Waals surface area contributed by atoms with E-state index in [-0.39, 0.29) is 40.6 Å². The van der Waals surface area contributed by atoms with E-state index in [0.717, 1.165) is 5.75 Å². The Morgan fingerprint density at radius 1 is 1.22 bits per heavy atom. The molecule has 2 heteroatoms. The maximum absolute atomic E-state index is 4.91. The summed E-state index contributed by atoms with van der Waals surface area (Å²) in [5.41, 5.74) is 0. The Balaban J connectivity index is -0.000000213. The molecule has 0 aromatic heterocycles. The van der Waals surface area contributed by atoms with Crippen LogP contribution in [0.2, 0.25) is 0 Å². The molecule has 1 aromatic rings. The first-order valence-corrected chi connectivity index (χ1v) is 2.52. The average Bonchev–Trinajstić information content (AvgIpc) is 1.90. The average molecular weight is 150 g/mol. The van der Waals surface area contributed by atoms with Gasteiger partial charge in [-0.15, -0.1) is 0 Å². The fourth-order valence-electron chi connectivity index (χ4n) is 0.557. The molecular formula is C7H10CaO. The zero-order chi connectivity index (χ0) is 5.82. The summed E-state index contributed by atoms with van der Waals surface area (Å²) in [6, 6.07) is 9.68. The van der Waals surface area contributed by atoms with E-state index in [1.807, 2.05) is 30.3 Å². The van der Waals surface area contributed by atoms with Crippen LogP contribution < -0.4 is 4.74 Å². The molecule has 9 heavy (non-hydrogen) atoms. The molecule has 0 spiro atoms. The van der Waals surface area contributed by atoms with E-state index < -0.39 is 0 Å². The molecule has 0 saturated carbocycles. The van der Waals surface area contributed by atoms with Crippen molar-refractivity contribution < 1.29 is 7.59 Å². The minimum absolute atomic E-state index is 0. The van der Waals surface area contributed by atoms with Gasteiger partial charge in [-0.3, -0.25) is 0 Å². The van der Waals surface area contributed by atoms with Crippen LogP contribution in [-0.4, -0.2) is 44.8 Å². The van der Waals surface area contributed by atoms with Gasteiger partial charge in [0, 0.05) is 0 Å². The summed E-state index contributed by atoms with van der Waals surface area (Å²) in [4.78, 5) is 0. The van der Waals surface area contributed by atoms with E-state index in [4.69, 9.17) is 4.74 Å². The Bertz CT molecular complexity index is 158. The molecule has 0 fully saturated rings. The van der Waals surface area contributed by atoms with Gasteiger partial charge in [0.1, 0.15) is 5.75 Å². The van der Waals surface area contributed by atoms with E-state index in [0.29, 0.717) is 0 Å². The quantitative estimate of drug-likeness (QED) is 0.552. The van der Waals surface area contributed by atoms with Crippen molar-refractivity contribution in [2.75, 3.05) is 7.11 Å². The summed E-state index contributed by atoms with van der Waals surface area (Å²) in [5.74, 6) is 0.910. The van der Waals surface area contributed by atoms with Crippen molar-refractivity contribution in [3.8, 4) is 5.75 Å². The zero-order valence-corrected chi connectivity index (χ0v) is 7.71. The summed E-state index contributed by atoms with van der Waals surface area (Å²) in [5, 5.41) is 0. The van der Waals surface area contributed by atoms with Gasteiger partial charge in [-0.2, -0.15) is 0 Å². The van der Waals surface area contributed by atoms with Gasteiger partial charge in [0.2, 0.25) is 0 Å². The van der Waals surface area contributed by atoms with Crippen LogP contribution in [0.3, 0.4) is 0 Å². The maximum atomic E-state index is 4.91. The molecule has 0 N–H and O–H groups in total. The van der Waals surface area contributed by atoms with Crippen LogP contribution in [0.1, 0.15) is 2.85 Å². The molecule has 0 heterocycles. The number of ether oxygens (including phenoxy) is 1. The van der Waals surface area contributed by atoms with E-state index >= 15 is 0 Å². The third-order valence-electron chi connectivity index (χ3n) is 0.979. The minimum Gasteiger partial charge on any atom is -1.00 e. The van der Waals surface area contributed by atoms with E-state index in [1.165, 1.54) is 0 Å². The fourth-order valence-corrected chi connectivity index (χ4v) is 0.557. The summed E-state index contributed by atoms with van der Waals surface area (Å²) in [6.45, 7) is 0. The van der Waals surface area contributed by atoms with Crippen molar-refractivity contribution in [1.29, 1.82) is 0 Å². The monoisotopic (exact) mass is 150 g/mol. The number of rotatable bonds is 1. The Hall–Kier alpha value is 0.280. The van der Waals surface area contributed by atoms with Gasteiger partial charge in [-0.25, -0.2) is 0 Å². The number of methoxy groups -OCH3 is 1. The maximum Gasteiger partial charge on any atom is 2.00 e. The summed E-state index contributed by atoms with van der Waals surface area (Å²) >= 11 is 0. The number of hydrogen-bond acceptors (Lipinski definition) is 1. The van der Waals surface area contributed by atoms with Crippen LogP contribution in [0.25, 0.3) is 0 Å². The van der Waals surface area contributed by atoms with Crippen LogP contribution in [0.5, 0.6) is 5.75 Å². The third-order valence-corrected chi connectivity index (χ3v) is 0.979. The predicted octanol–water partition coefficient (Wildman–Crippen LogP) is 1.54. The molecule has 1 aromatic carbocycles. The third kappa shape index (κ3) is 3.09. The van der Waals surface area contributed by atoms with Crippen LogP contribution in [0, 0.1) is 0 Å². The Kier molecular flexibility index (Phi) is 5.25. The van der Waals surface area contributed by atoms with Crippen molar-refractivity contribution in [1.82, 2.24) is 0 Å².